The second-order valence-electron chi connectivity index (χ2n) is 4.39. The Morgan fingerprint density at radius 2 is 1.90 bits per heavy atom. The largest absolute Gasteiger partial charge is 0.478 e. The molecule has 2 rings (SSSR count). The second-order valence-corrected chi connectivity index (χ2v) is 5.18. The lowest BCUT2D eigenvalue weighted by molar-refractivity contribution is 0.0697. The maximum atomic E-state index is 11.0. The third-order valence-electron chi connectivity index (χ3n) is 2.77. The van der Waals surface area contributed by atoms with E-state index in [9.17, 15) is 4.79 Å². The topological polar surface area (TPSA) is 85.4 Å². The number of nitrogen functional groups attached to an aromatic ring is 1. The van der Waals surface area contributed by atoms with E-state index in [1.807, 2.05) is 26.0 Å². The minimum atomic E-state index is -1.11. The number of hydrogen-bond donors (Lipinski definition) is 2. The number of benzene rings is 1. The van der Waals surface area contributed by atoms with Gasteiger partial charge >= 0.3 is 5.97 Å². The predicted molar refractivity (Wildman–Crippen MR) is 79.3 cm³/mol. The van der Waals surface area contributed by atoms with Gasteiger partial charge in [-0.1, -0.05) is 15.9 Å². The summed E-state index contributed by atoms with van der Waals surface area (Å²) in [6, 6.07) is 5.00. The Morgan fingerprint density at radius 3 is 2.45 bits per heavy atom. The molecule has 0 aliphatic rings. The molecule has 0 aliphatic carbocycles. The molecule has 3 N–H and O–H groups in total. The first-order valence-electron chi connectivity index (χ1n) is 5.82. The Balaban J connectivity index is 2.35. The van der Waals surface area contributed by atoms with E-state index < -0.39 is 5.97 Å². The molecule has 0 radical (unpaired) electrons. The molecule has 0 saturated heterocycles. The number of anilines is 1. The van der Waals surface area contributed by atoms with Gasteiger partial charge in [0.05, 0.1) is 17.4 Å². The van der Waals surface area contributed by atoms with Gasteiger partial charge in [-0.25, -0.2) is 9.78 Å². The number of carbonyl (C=O) groups is 1. The minimum absolute atomic E-state index is 0.0273. The van der Waals surface area contributed by atoms with Gasteiger partial charge in [0, 0.05) is 10.5 Å². The normalized spacial score (nSPS) is 10.3. The second kappa shape index (κ2) is 5.50. The Kier molecular flexibility index (Phi) is 3.94. The fourth-order valence-corrected chi connectivity index (χ4v) is 2.00. The van der Waals surface area contributed by atoms with Gasteiger partial charge in [-0.3, -0.25) is 0 Å². The average molecular weight is 337 g/mol. The Labute approximate surface area is 124 Å². The zero-order valence-corrected chi connectivity index (χ0v) is 12.6. The SMILES string of the molecule is Cc1cc(Oc2cc(C(=O)O)c(N)cn2)cc(C)c1Br. The molecular formula is C14H13BrN2O3. The first kappa shape index (κ1) is 14.3. The van der Waals surface area contributed by atoms with Gasteiger partial charge in [-0.2, -0.15) is 0 Å². The van der Waals surface area contributed by atoms with E-state index in [4.69, 9.17) is 15.6 Å². The van der Waals surface area contributed by atoms with Gasteiger partial charge in [-0.05, 0) is 37.1 Å². The van der Waals surface area contributed by atoms with Crippen LogP contribution in [0, 0.1) is 13.8 Å². The number of aromatic nitrogens is 1. The zero-order chi connectivity index (χ0) is 14.9. The molecule has 5 nitrogen and oxygen atoms in total. The maximum Gasteiger partial charge on any atom is 0.338 e. The van der Waals surface area contributed by atoms with Crippen LogP contribution in [0.15, 0.2) is 28.9 Å². The molecule has 0 bridgehead atoms. The molecule has 0 aliphatic heterocycles. The maximum absolute atomic E-state index is 11.0. The number of carboxylic acids is 1. The third-order valence-corrected chi connectivity index (χ3v) is 4.02. The van der Waals surface area contributed by atoms with Gasteiger partial charge in [0.15, 0.2) is 0 Å². The number of hydrogen-bond acceptors (Lipinski definition) is 4. The van der Waals surface area contributed by atoms with Crippen molar-refractivity contribution in [1.82, 2.24) is 4.98 Å². The van der Waals surface area contributed by atoms with Crippen LogP contribution in [-0.2, 0) is 0 Å². The monoisotopic (exact) mass is 336 g/mol. The summed E-state index contributed by atoms with van der Waals surface area (Å²) >= 11 is 3.47. The zero-order valence-electron chi connectivity index (χ0n) is 11.0. The summed E-state index contributed by atoms with van der Waals surface area (Å²) < 4.78 is 6.61. The smallest absolute Gasteiger partial charge is 0.338 e. The average Bonchev–Trinajstić information content (AvgIpc) is 2.38. The van der Waals surface area contributed by atoms with Gasteiger partial charge in [0.2, 0.25) is 5.88 Å². The van der Waals surface area contributed by atoms with E-state index in [1.165, 1.54) is 12.3 Å². The van der Waals surface area contributed by atoms with E-state index in [1.54, 1.807) is 0 Å². The van der Waals surface area contributed by atoms with Gasteiger partial charge < -0.3 is 15.6 Å². The summed E-state index contributed by atoms with van der Waals surface area (Å²) in [5.74, 6) is -0.326. The van der Waals surface area contributed by atoms with E-state index in [-0.39, 0.29) is 17.1 Å². The molecule has 104 valence electrons. The van der Waals surface area contributed by atoms with Crippen molar-refractivity contribution in [2.75, 3.05) is 5.73 Å². The number of rotatable bonds is 3. The van der Waals surface area contributed by atoms with Crippen LogP contribution in [0.1, 0.15) is 21.5 Å². The molecule has 1 aromatic carbocycles. The number of halogens is 1. The number of carboxylic acid groups (broad SMARTS) is 1. The standard InChI is InChI=1S/C14H13BrN2O3/c1-7-3-9(4-8(2)13(7)15)20-12-5-10(14(18)19)11(16)6-17-12/h3-6H,16H2,1-2H3,(H,18,19). The number of aryl methyl sites for hydroxylation is 2. The molecule has 0 fully saturated rings. The van der Waals surface area contributed by atoms with Crippen molar-refractivity contribution in [3.05, 3.63) is 45.6 Å². The number of aromatic carboxylic acids is 1. The van der Waals surface area contributed by atoms with Crippen molar-refractivity contribution in [3.63, 3.8) is 0 Å². The van der Waals surface area contributed by atoms with Crippen LogP contribution in [-0.4, -0.2) is 16.1 Å². The van der Waals surface area contributed by atoms with Crippen LogP contribution in [0.2, 0.25) is 0 Å². The van der Waals surface area contributed by atoms with E-state index >= 15 is 0 Å². The van der Waals surface area contributed by atoms with Crippen LogP contribution in [0.3, 0.4) is 0 Å². The van der Waals surface area contributed by atoms with Crippen molar-refractivity contribution in [2.24, 2.45) is 0 Å². The van der Waals surface area contributed by atoms with Crippen molar-refractivity contribution in [1.29, 1.82) is 0 Å². The van der Waals surface area contributed by atoms with Crippen molar-refractivity contribution in [2.45, 2.75) is 13.8 Å². The molecule has 0 atom stereocenters. The highest BCUT2D eigenvalue weighted by atomic mass is 79.9. The molecule has 1 aromatic heterocycles. The number of ether oxygens (including phenoxy) is 1. The summed E-state index contributed by atoms with van der Waals surface area (Å²) in [4.78, 5) is 15.0. The molecule has 1 heterocycles. The summed E-state index contributed by atoms with van der Waals surface area (Å²) in [5, 5.41) is 9.01. The summed E-state index contributed by atoms with van der Waals surface area (Å²) in [6.07, 6.45) is 1.28. The lowest BCUT2D eigenvalue weighted by Gasteiger charge is -2.10. The first-order valence-corrected chi connectivity index (χ1v) is 6.61. The molecule has 0 saturated carbocycles. The highest BCUT2D eigenvalue weighted by molar-refractivity contribution is 9.10. The summed E-state index contributed by atoms with van der Waals surface area (Å²) in [7, 11) is 0. The number of pyridine rings is 1. The first-order chi connectivity index (χ1) is 9.38. The summed E-state index contributed by atoms with van der Waals surface area (Å²) in [6.45, 7) is 3.89. The van der Waals surface area contributed by atoms with Crippen LogP contribution in [0.4, 0.5) is 5.69 Å². The Morgan fingerprint density at radius 1 is 1.30 bits per heavy atom. The van der Waals surface area contributed by atoms with Gasteiger partial charge in [0.1, 0.15) is 5.75 Å². The highest BCUT2D eigenvalue weighted by Gasteiger charge is 2.11. The number of nitrogens with zero attached hydrogens (tertiary/aromatic N) is 1. The Bertz CT molecular complexity index is 663. The fraction of sp³-hybridized carbons (Fsp3) is 0.143. The molecule has 20 heavy (non-hydrogen) atoms. The molecule has 6 heteroatoms. The fourth-order valence-electron chi connectivity index (χ4n) is 1.77. The third kappa shape index (κ3) is 2.91. The number of nitrogens with two attached hydrogens (primary N) is 1. The quantitative estimate of drug-likeness (QED) is 0.895. The lowest BCUT2D eigenvalue weighted by Crippen LogP contribution is -2.03. The highest BCUT2D eigenvalue weighted by Crippen LogP contribution is 2.29. The molecule has 2 aromatic rings. The van der Waals surface area contributed by atoms with Gasteiger partial charge in [0.25, 0.3) is 0 Å². The Hall–Kier alpha value is -2.08. The van der Waals surface area contributed by atoms with Crippen molar-refractivity contribution in [3.8, 4) is 11.6 Å². The predicted octanol–water partition coefficient (Wildman–Crippen LogP) is 3.53. The van der Waals surface area contributed by atoms with E-state index in [0.29, 0.717) is 5.75 Å². The molecule has 0 spiro atoms. The van der Waals surface area contributed by atoms with Crippen LogP contribution in [0.5, 0.6) is 11.6 Å². The lowest BCUT2D eigenvalue weighted by atomic mass is 10.1. The molecule has 0 unspecified atom stereocenters. The molecular weight excluding hydrogens is 324 g/mol. The minimum Gasteiger partial charge on any atom is -0.478 e. The molecule has 0 amide bonds. The van der Waals surface area contributed by atoms with E-state index in [0.717, 1.165) is 15.6 Å². The van der Waals surface area contributed by atoms with Crippen molar-refractivity contribution < 1.29 is 14.6 Å². The summed E-state index contributed by atoms with van der Waals surface area (Å²) in [5.41, 5.74) is 7.67. The van der Waals surface area contributed by atoms with Gasteiger partial charge in [-0.15, -0.1) is 0 Å². The van der Waals surface area contributed by atoms with Crippen LogP contribution >= 0.6 is 15.9 Å². The van der Waals surface area contributed by atoms with Crippen molar-refractivity contribution >= 4 is 27.6 Å². The van der Waals surface area contributed by atoms with Crippen LogP contribution < -0.4 is 10.5 Å². The van der Waals surface area contributed by atoms with Crippen LogP contribution in [0.25, 0.3) is 0 Å². The van der Waals surface area contributed by atoms with E-state index in [2.05, 4.69) is 20.9 Å².